The van der Waals surface area contributed by atoms with Crippen LogP contribution in [0.25, 0.3) is 0 Å². The van der Waals surface area contributed by atoms with E-state index in [0.717, 1.165) is 29.7 Å². The van der Waals surface area contributed by atoms with Gasteiger partial charge < -0.3 is 14.8 Å². The van der Waals surface area contributed by atoms with Gasteiger partial charge in [-0.1, -0.05) is 39.0 Å². The van der Waals surface area contributed by atoms with E-state index in [4.69, 9.17) is 9.47 Å². The van der Waals surface area contributed by atoms with Gasteiger partial charge in [0.25, 0.3) is 5.91 Å². The number of thiophene rings is 1. The maximum absolute atomic E-state index is 12.8. The second-order valence-electron chi connectivity index (χ2n) is 9.82. The molecule has 0 bridgehead atoms. The highest BCUT2D eigenvalue weighted by atomic mass is 32.2. The number of esters is 2. The van der Waals surface area contributed by atoms with Gasteiger partial charge in [-0.15, -0.1) is 11.3 Å². The number of nitrogens with one attached hydrogen (secondary N) is 2. The molecular weight excluding hydrogens is 516 g/mol. The molecule has 1 aliphatic carbocycles. The largest absolute Gasteiger partial charge is 0.459 e. The molecule has 37 heavy (non-hydrogen) atoms. The van der Waals surface area contributed by atoms with E-state index < -0.39 is 46.4 Å². The molecule has 9 nitrogen and oxygen atoms in total. The molecule has 202 valence electrons. The van der Waals surface area contributed by atoms with Crippen molar-refractivity contribution in [2.45, 2.75) is 70.9 Å². The summed E-state index contributed by atoms with van der Waals surface area (Å²) in [5, 5.41) is 3.07. The third-order valence-corrected chi connectivity index (χ3v) is 8.54. The summed E-state index contributed by atoms with van der Waals surface area (Å²) < 4.78 is 38.3. The molecule has 0 saturated carbocycles. The van der Waals surface area contributed by atoms with Crippen LogP contribution in [0.3, 0.4) is 0 Å². The Bertz CT molecular complexity index is 1240. The Morgan fingerprint density at radius 2 is 1.78 bits per heavy atom. The van der Waals surface area contributed by atoms with Crippen molar-refractivity contribution in [3.05, 3.63) is 46.3 Å². The number of amides is 1. The van der Waals surface area contributed by atoms with Gasteiger partial charge in [0.15, 0.2) is 6.61 Å². The van der Waals surface area contributed by atoms with E-state index in [-0.39, 0.29) is 11.0 Å². The molecule has 1 aromatic carbocycles. The first-order valence-electron chi connectivity index (χ1n) is 12.3. The van der Waals surface area contributed by atoms with Gasteiger partial charge in [-0.05, 0) is 62.6 Å². The third kappa shape index (κ3) is 7.39. The van der Waals surface area contributed by atoms with E-state index in [1.807, 2.05) is 0 Å². The van der Waals surface area contributed by atoms with E-state index >= 15 is 0 Å². The number of rotatable bonds is 10. The Hall–Kier alpha value is -2.76. The first kappa shape index (κ1) is 28.8. The van der Waals surface area contributed by atoms with Crippen LogP contribution in [0.15, 0.2) is 35.2 Å². The van der Waals surface area contributed by atoms with Crippen molar-refractivity contribution >= 4 is 44.2 Å². The number of benzene rings is 1. The van der Waals surface area contributed by atoms with E-state index in [1.165, 1.54) is 23.5 Å². The zero-order chi connectivity index (χ0) is 27.3. The average molecular weight is 551 g/mol. The lowest BCUT2D eigenvalue weighted by atomic mass is 9.88. The molecule has 0 spiro atoms. The number of ether oxygens (including phenoxy) is 2. The van der Waals surface area contributed by atoms with Gasteiger partial charge in [0.05, 0.1) is 16.6 Å². The van der Waals surface area contributed by atoms with Crippen LogP contribution < -0.4 is 10.0 Å². The van der Waals surface area contributed by atoms with Crippen LogP contribution in [0.2, 0.25) is 0 Å². The number of carbonyl (C=O) groups excluding carboxylic acids is 3. The van der Waals surface area contributed by atoms with Crippen LogP contribution in [0, 0.1) is 11.8 Å². The number of fused-ring (bicyclic) bond motifs is 1. The van der Waals surface area contributed by atoms with Crippen LogP contribution in [0.5, 0.6) is 0 Å². The fraction of sp³-hybridized carbons (Fsp3) is 0.500. The lowest BCUT2D eigenvalue weighted by Crippen LogP contribution is -2.45. The lowest BCUT2D eigenvalue weighted by Gasteiger charge is -2.20. The quantitative estimate of drug-likeness (QED) is 0.429. The van der Waals surface area contributed by atoms with Crippen molar-refractivity contribution in [2.75, 3.05) is 11.9 Å². The summed E-state index contributed by atoms with van der Waals surface area (Å²) in [6, 6.07) is 6.49. The molecule has 2 N–H and O–H groups in total. The number of anilines is 1. The lowest BCUT2D eigenvalue weighted by molar-refractivity contribution is -0.150. The second kappa shape index (κ2) is 12.2. The fourth-order valence-corrected chi connectivity index (χ4v) is 6.78. The van der Waals surface area contributed by atoms with Crippen molar-refractivity contribution in [1.29, 1.82) is 0 Å². The summed E-state index contributed by atoms with van der Waals surface area (Å²) in [5.41, 5.74) is 1.26. The van der Waals surface area contributed by atoms with Gasteiger partial charge in [-0.3, -0.25) is 9.59 Å². The number of hydrogen-bond donors (Lipinski definition) is 2. The summed E-state index contributed by atoms with van der Waals surface area (Å²) in [4.78, 5) is 39.3. The summed E-state index contributed by atoms with van der Waals surface area (Å²) >= 11 is 1.34. The van der Waals surface area contributed by atoms with Gasteiger partial charge in [-0.2, -0.15) is 4.72 Å². The van der Waals surface area contributed by atoms with Crippen LogP contribution in [-0.4, -0.2) is 45.0 Å². The average Bonchev–Trinajstić information content (AvgIpc) is 3.17. The summed E-state index contributed by atoms with van der Waals surface area (Å²) in [6.07, 6.45) is 2.15. The first-order valence-corrected chi connectivity index (χ1v) is 14.6. The molecule has 0 fully saturated rings. The molecule has 3 rings (SSSR count). The van der Waals surface area contributed by atoms with E-state index in [0.29, 0.717) is 16.5 Å². The molecule has 0 saturated heterocycles. The first-order chi connectivity index (χ1) is 17.4. The minimum absolute atomic E-state index is 0.0167. The Labute approximate surface area is 222 Å². The van der Waals surface area contributed by atoms with Crippen molar-refractivity contribution in [3.63, 3.8) is 0 Å². The zero-order valence-corrected chi connectivity index (χ0v) is 23.3. The molecule has 1 amide bonds. The molecule has 2 aromatic rings. The Balaban J connectivity index is 1.70. The Kier molecular flexibility index (Phi) is 9.49. The Morgan fingerprint density at radius 3 is 2.41 bits per heavy atom. The van der Waals surface area contributed by atoms with E-state index in [2.05, 4.69) is 17.0 Å². The van der Waals surface area contributed by atoms with E-state index in [1.54, 1.807) is 45.9 Å². The highest BCUT2D eigenvalue weighted by Crippen LogP contribution is 2.40. The van der Waals surface area contributed by atoms with Gasteiger partial charge in [0.1, 0.15) is 11.0 Å². The topological polar surface area (TPSA) is 128 Å². The minimum Gasteiger partial charge on any atom is -0.459 e. The monoisotopic (exact) mass is 550 g/mol. The second-order valence-corrected chi connectivity index (χ2v) is 12.6. The Morgan fingerprint density at radius 1 is 1.11 bits per heavy atom. The van der Waals surface area contributed by atoms with E-state index in [9.17, 15) is 22.8 Å². The van der Waals surface area contributed by atoms with Gasteiger partial charge >= 0.3 is 11.9 Å². The van der Waals surface area contributed by atoms with Crippen molar-refractivity contribution in [2.24, 2.45) is 11.8 Å². The highest BCUT2D eigenvalue weighted by Gasteiger charge is 2.32. The maximum atomic E-state index is 12.8. The molecule has 1 aromatic heterocycles. The molecule has 0 radical (unpaired) electrons. The minimum atomic E-state index is -3.97. The van der Waals surface area contributed by atoms with Crippen molar-refractivity contribution in [3.8, 4) is 0 Å². The molecule has 0 aliphatic heterocycles. The predicted octanol–water partition coefficient (Wildman–Crippen LogP) is 3.92. The molecule has 11 heteroatoms. The molecule has 1 unspecified atom stereocenters. The number of sulfonamides is 1. The highest BCUT2D eigenvalue weighted by molar-refractivity contribution is 7.89. The smallest absolute Gasteiger partial charge is 0.341 e. The molecule has 2 atom stereocenters. The van der Waals surface area contributed by atoms with Crippen LogP contribution >= 0.6 is 11.3 Å². The maximum Gasteiger partial charge on any atom is 0.341 e. The molecule has 1 heterocycles. The summed E-state index contributed by atoms with van der Waals surface area (Å²) in [7, 11) is -3.97. The van der Waals surface area contributed by atoms with Crippen molar-refractivity contribution < 1.29 is 32.3 Å². The van der Waals surface area contributed by atoms with Gasteiger partial charge in [-0.25, -0.2) is 13.2 Å². The fourth-order valence-electron chi connectivity index (χ4n) is 4.01. The van der Waals surface area contributed by atoms with Crippen LogP contribution in [0.4, 0.5) is 5.00 Å². The number of hydrogen-bond acceptors (Lipinski definition) is 8. The normalized spacial score (nSPS) is 16.2. The standard InChI is InChI=1S/C26H34N2O7S2/c1-15(2)23(28-37(32,33)18-9-7-6-8-10-18)26(31)34-14-21(29)27-24-22(25(30)35-16(3)4)19-12-11-17(5)13-20(19)36-24/h6-10,15-17,23,28H,11-14H2,1-5H3,(H,27,29)/t17?,23-/m0/s1. The van der Waals surface area contributed by atoms with Crippen LogP contribution in [0.1, 0.15) is 61.8 Å². The summed E-state index contributed by atoms with van der Waals surface area (Å²) in [5.74, 6) is -1.96. The SMILES string of the molecule is CC1CCc2c(sc(NC(=O)COC(=O)[C@@H](NS(=O)(=O)c3ccccc3)C(C)C)c2C(=O)OC(C)C)C1. The van der Waals surface area contributed by atoms with Crippen LogP contribution in [-0.2, 0) is 41.9 Å². The van der Waals surface area contributed by atoms with Gasteiger partial charge in [0.2, 0.25) is 10.0 Å². The number of carbonyl (C=O) groups is 3. The molecular formula is C26H34N2O7S2. The van der Waals surface area contributed by atoms with Crippen molar-refractivity contribution in [1.82, 2.24) is 4.72 Å². The summed E-state index contributed by atoms with van der Waals surface area (Å²) in [6.45, 7) is 8.37. The third-order valence-electron chi connectivity index (χ3n) is 5.91. The molecule has 1 aliphatic rings. The predicted molar refractivity (Wildman–Crippen MR) is 141 cm³/mol. The van der Waals surface area contributed by atoms with Gasteiger partial charge in [0, 0.05) is 4.88 Å². The zero-order valence-electron chi connectivity index (χ0n) is 21.7.